The van der Waals surface area contributed by atoms with Crippen LogP contribution in [0.5, 0.6) is 5.75 Å². The third-order valence-corrected chi connectivity index (χ3v) is 4.04. The van der Waals surface area contributed by atoms with Crippen LogP contribution in [0.15, 0.2) is 46.9 Å². The Morgan fingerprint density at radius 1 is 1.22 bits per heavy atom. The summed E-state index contributed by atoms with van der Waals surface area (Å²) in [5.41, 5.74) is 3.04. The van der Waals surface area contributed by atoms with E-state index in [1.807, 2.05) is 56.3 Å². The summed E-state index contributed by atoms with van der Waals surface area (Å²) < 4.78 is 11.0. The maximum atomic E-state index is 11.8. The molecule has 0 atom stereocenters. The lowest BCUT2D eigenvalue weighted by Gasteiger charge is -2.10. The fraction of sp³-hybridized carbons (Fsp3) is 0.250. The molecule has 6 nitrogen and oxygen atoms in total. The van der Waals surface area contributed by atoms with E-state index >= 15 is 0 Å². The molecule has 3 aromatic rings. The fourth-order valence-electron chi connectivity index (χ4n) is 2.56. The average Bonchev–Trinajstić information content (AvgIpc) is 3.04. The molecule has 0 aliphatic rings. The number of carbonyl (C=O) groups is 1. The Labute approximate surface area is 162 Å². The van der Waals surface area contributed by atoms with Gasteiger partial charge in [-0.3, -0.25) is 4.79 Å². The quantitative estimate of drug-likeness (QED) is 0.638. The van der Waals surface area contributed by atoms with Crippen molar-refractivity contribution in [3.05, 3.63) is 42.5 Å². The second-order valence-corrected chi connectivity index (χ2v) is 6.94. The van der Waals surface area contributed by atoms with Crippen LogP contribution in [0, 0.1) is 5.92 Å². The van der Waals surface area contributed by atoms with Gasteiger partial charge in [0.1, 0.15) is 11.3 Å². The van der Waals surface area contributed by atoms with Gasteiger partial charge in [-0.2, -0.15) is 0 Å². The van der Waals surface area contributed by atoms with Crippen LogP contribution in [-0.2, 0) is 4.79 Å². The minimum Gasteiger partial charge on any atom is -0.497 e. The van der Waals surface area contributed by atoms with Gasteiger partial charge in [0.05, 0.1) is 7.11 Å². The lowest BCUT2D eigenvalue weighted by molar-refractivity contribution is -0.120. The number of methoxy groups -OCH3 is 1. The monoisotopic (exact) mass is 383 g/mol. The third kappa shape index (κ3) is 4.83. The van der Waals surface area contributed by atoms with E-state index in [2.05, 4.69) is 15.6 Å². The van der Waals surface area contributed by atoms with E-state index in [0.29, 0.717) is 17.9 Å². The normalized spacial score (nSPS) is 10.8. The fourth-order valence-corrected chi connectivity index (χ4v) is 2.80. The number of thiocarbonyl (C=S) groups is 1. The van der Waals surface area contributed by atoms with Crippen LogP contribution in [0.3, 0.4) is 0 Å². The molecule has 0 radical (unpaired) electrons. The van der Waals surface area contributed by atoms with Crippen molar-refractivity contribution in [3.63, 3.8) is 0 Å². The molecule has 27 heavy (non-hydrogen) atoms. The van der Waals surface area contributed by atoms with Gasteiger partial charge in [-0.05, 0) is 54.5 Å². The largest absolute Gasteiger partial charge is 0.497 e. The summed E-state index contributed by atoms with van der Waals surface area (Å²) in [5.74, 6) is 1.44. The summed E-state index contributed by atoms with van der Waals surface area (Å²) in [6.45, 7) is 3.97. The Morgan fingerprint density at radius 2 is 1.96 bits per heavy atom. The number of nitrogens with one attached hydrogen (secondary N) is 2. The Kier molecular flexibility index (Phi) is 5.71. The van der Waals surface area contributed by atoms with Crippen molar-refractivity contribution >= 4 is 40.0 Å². The predicted octanol–water partition coefficient (Wildman–Crippen LogP) is 4.36. The van der Waals surface area contributed by atoms with Crippen LogP contribution < -0.4 is 15.4 Å². The zero-order chi connectivity index (χ0) is 19.4. The van der Waals surface area contributed by atoms with Crippen molar-refractivity contribution in [2.24, 2.45) is 5.92 Å². The molecule has 0 unspecified atom stereocenters. The zero-order valence-corrected chi connectivity index (χ0v) is 16.2. The van der Waals surface area contributed by atoms with Crippen LogP contribution in [0.4, 0.5) is 5.69 Å². The van der Waals surface area contributed by atoms with Gasteiger partial charge in [0.2, 0.25) is 11.8 Å². The first-order valence-corrected chi connectivity index (χ1v) is 9.01. The van der Waals surface area contributed by atoms with E-state index in [-0.39, 0.29) is 16.9 Å². The van der Waals surface area contributed by atoms with Crippen LogP contribution in [0.1, 0.15) is 20.3 Å². The summed E-state index contributed by atoms with van der Waals surface area (Å²) in [6, 6.07) is 13.0. The second kappa shape index (κ2) is 8.18. The molecule has 3 rings (SSSR count). The summed E-state index contributed by atoms with van der Waals surface area (Å²) in [4.78, 5) is 16.3. The number of hydrogen-bond donors (Lipinski definition) is 2. The lowest BCUT2D eigenvalue weighted by Crippen LogP contribution is -2.34. The van der Waals surface area contributed by atoms with Crippen LogP contribution in [-0.4, -0.2) is 23.1 Å². The molecule has 0 aliphatic carbocycles. The first-order chi connectivity index (χ1) is 12.9. The highest BCUT2D eigenvalue weighted by Crippen LogP contribution is 2.27. The number of aromatic nitrogens is 1. The summed E-state index contributed by atoms with van der Waals surface area (Å²) in [6.07, 6.45) is 0.434. The summed E-state index contributed by atoms with van der Waals surface area (Å²) in [7, 11) is 1.61. The van der Waals surface area contributed by atoms with E-state index < -0.39 is 0 Å². The minimum absolute atomic E-state index is 0.0963. The Balaban J connectivity index is 1.68. The molecule has 2 aromatic carbocycles. The number of amides is 1. The number of oxazole rings is 1. The van der Waals surface area contributed by atoms with E-state index in [1.165, 1.54) is 0 Å². The summed E-state index contributed by atoms with van der Waals surface area (Å²) >= 11 is 5.17. The van der Waals surface area contributed by atoms with Crippen molar-refractivity contribution in [1.29, 1.82) is 0 Å². The Bertz CT molecular complexity index is 964. The number of anilines is 1. The van der Waals surface area contributed by atoms with Crippen molar-refractivity contribution in [1.82, 2.24) is 10.3 Å². The first-order valence-electron chi connectivity index (χ1n) is 8.60. The SMILES string of the molecule is COc1ccc2oc(-c3ccc(NC(=S)NC(=O)CC(C)C)cc3)nc2c1. The molecule has 1 aromatic heterocycles. The topological polar surface area (TPSA) is 76.4 Å². The molecule has 1 amide bonds. The molecule has 0 aliphatic heterocycles. The average molecular weight is 383 g/mol. The van der Waals surface area contributed by atoms with Gasteiger partial charge in [-0.1, -0.05) is 13.8 Å². The highest BCUT2D eigenvalue weighted by molar-refractivity contribution is 7.80. The minimum atomic E-state index is -0.0963. The van der Waals surface area contributed by atoms with Crippen molar-refractivity contribution in [2.45, 2.75) is 20.3 Å². The third-order valence-electron chi connectivity index (χ3n) is 3.83. The highest BCUT2D eigenvalue weighted by Gasteiger charge is 2.10. The maximum Gasteiger partial charge on any atom is 0.227 e. The maximum absolute atomic E-state index is 11.8. The standard InChI is InChI=1S/C20H21N3O3S/c1-12(2)10-18(24)23-20(27)21-14-6-4-13(5-7-14)19-22-16-11-15(25-3)8-9-17(16)26-19/h4-9,11-12H,10H2,1-3H3,(H2,21,23,24,27). The smallest absolute Gasteiger partial charge is 0.227 e. The molecule has 0 saturated carbocycles. The van der Waals surface area contributed by atoms with Gasteiger partial charge in [-0.15, -0.1) is 0 Å². The highest BCUT2D eigenvalue weighted by atomic mass is 32.1. The predicted molar refractivity (Wildman–Crippen MR) is 110 cm³/mol. The van der Waals surface area contributed by atoms with Crippen molar-refractivity contribution in [2.75, 3.05) is 12.4 Å². The molecule has 0 saturated heterocycles. The second-order valence-electron chi connectivity index (χ2n) is 6.53. The van der Waals surface area contributed by atoms with E-state index in [1.54, 1.807) is 7.11 Å². The number of ether oxygens (including phenoxy) is 1. The molecular formula is C20H21N3O3S. The van der Waals surface area contributed by atoms with Crippen LogP contribution in [0.2, 0.25) is 0 Å². The van der Waals surface area contributed by atoms with Crippen LogP contribution in [0.25, 0.3) is 22.6 Å². The van der Waals surface area contributed by atoms with Crippen molar-refractivity contribution in [3.8, 4) is 17.2 Å². The number of benzene rings is 2. The molecule has 0 fully saturated rings. The number of hydrogen-bond acceptors (Lipinski definition) is 5. The number of nitrogens with zero attached hydrogens (tertiary/aromatic N) is 1. The Morgan fingerprint density at radius 3 is 2.63 bits per heavy atom. The van der Waals surface area contributed by atoms with E-state index in [9.17, 15) is 4.79 Å². The van der Waals surface area contributed by atoms with Gasteiger partial charge < -0.3 is 19.8 Å². The Hall–Kier alpha value is -2.93. The molecule has 0 spiro atoms. The molecule has 140 valence electrons. The van der Waals surface area contributed by atoms with E-state index in [0.717, 1.165) is 22.5 Å². The van der Waals surface area contributed by atoms with Gasteiger partial charge >= 0.3 is 0 Å². The van der Waals surface area contributed by atoms with Gasteiger partial charge in [-0.25, -0.2) is 4.98 Å². The molecule has 0 bridgehead atoms. The van der Waals surface area contributed by atoms with Gasteiger partial charge in [0, 0.05) is 23.7 Å². The van der Waals surface area contributed by atoms with Crippen LogP contribution >= 0.6 is 12.2 Å². The molecule has 1 heterocycles. The van der Waals surface area contributed by atoms with Crippen molar-refractivity contribution < 1.29 is 13.9 Å². The number of carbonyl (C=O) groups excluding carboxylic acids is 1. The number of rotatable bonds is 5. The number of fused-ring (bicyclic) bond motifs is 1. The molecular weight excluding hydrogens is 362 g/mol. The van der Waals surface area contributed by atoms with Gasteiger partial charge in [0.25, 0.3) is 0 Å². The van der Waals surface area contributed by atoms with E-state index in [4.69, 9.17) is 21.4 Å². The molecule has 7 heteroatoms. The summed E-state index contributed by atoms with van der Waals surface area (Å²) in [5, 5.41) is 5.95. The zero-order valence-electron chi connectivity index (χ0n) is 15.4. The molecule has 2 N–H and O–H groups in total. The lowest BCUT2D eigenvalue weighted by atomic mass is 10.1. The van der Waals surface area contributed by atoms with Gasteiger partial charge in [0.15, 0.2) is 10.7 Å². The first kappa shape index (κ1) is 18.8.